The molecule has 1 N–H and O–H groups in total. The minimum Gasteiger partial charge on any atom is -0.348 e. The summed E-state index contributed by atoms with van der Waals surface area (Å²) in [6.07, 6.45) is 0.559. The number of carbonyl (C=O) groups is 1. The Morgan fingerprint density at radius 2 is 1.92 bits per heavy atom. The number of hydrogen-bond donors (Lipinski definition) is 1. The van der Waals surface area contributed by atoms with Crippen LogP contribution in [0.2, 0.25) is 5.02 Å². The molecule has 7 nitrogen and oxygen atoms in total. The second-order valence-electron chi connectivity index (χ2n) is 6.76. The van der Waals surface area contributed by atoms with Crippen LogP contribution in [0, 0.1) is 0 Å². The topological polar surface area (TPSA) is 93.9 Å². The monoisotopic (exact) mass is 398 g/mol. The molecule has 26 heavy (non-hydrogen) atoms. The van der Waals surface area contributed by atoms with Gasteiger partial charge in [0, 0.05) is 13.0 Å². The number of halogens is 1. The number of rotatable bonds is 6. The fraction of sp³-hybridized carbons (Fsp3) is 0.471. The molecule has 1 aromatic heterocycles. The summed E-state index contributed by atoms with van der Waals surface area (Å²) < 4.78 is 24.9. The molecule has 9 heteroatoms. The Balaban J connectivity index is 2.15. The van der Waals surface area contributed by atoms with Crippen LogP contribution >= 0.6 is 11.6 Å². The number of nitrogens with one attached hydrogen (secondary N) is 1. The molecule has 2 rings (SSSR count). The van der Waals surface area contributed by atoms with Crippen LogP contribution in [0.15, 0.2) is 24.3 Å². The lowest BCUT2D eigenvalue weighted by Crippen LogP contribution is -2.36. The third-order valence-electron chi connectivity index (χ3n) is 3.86. The molecule has 0 bridgehead atoms. The predicted octanol–water partition coefficient (Wildman–Crippen LogP) is 2.43. The molecule has 0 fully saturated rings. The molecular formula is C17H23ClN4O3S. The number of aromatic nitrogens is 3. The summed E-state index contributed by atoms with van der Waals surface area (Å²) in [7, 11) is -3.31. The second kappa shape index (κ2) is 7.75. The average Bonchev–Trinajstić information content (AvgIpc) is 2.98. The van der Waals surface area contributed by atoms with E-state index in [4.69, 9.17) is 11.6 Å². The van der Waals surface area contributed by atoms with Gasteiger partial charge in [0.2, 0.25) is 5.82 Å². The van der Waals surface area contributed by atoms with E-state index in [1.54, 1.807) is 39.0 Å². The van der Waals surface area contributed by atoms with Gasteiger partial charge in [-0.25, -0.2) is 18.1 Å². The zero-order valence-corrected chi connectivity index (χ0v) is 16.9. The Morgan fingerprint density at radius 1 is 1.27 bits per heavy atom. The van der Waals surface area contributed by atoms with Crippen LogP contribution in [0.5, 0.6) is 0 Å². The van der Waals surface area contributed by atoms with E-state index in [-0.39, 0.29) is 18.1 Å². The van der Waals surface area contributed by atoms with Crippen LogP contribution in [-0.4, -0.2) is 46.1 Å². The second-order valence-corrected chi connectivity index (χ2v) is 10.0. The largest absolute Gasteiger partial charge is 0.348 e. The number of para-hydroxylation sites is 1. The van der Waals surface area contributed by atoms with Crippen LogP contribution in [0.4, 0.5) is 0 Å². The zero-order valence-electron chi connectivity index (χ0n) is 15.3. The molecule has 0 atom stereocenters. The lowest BCUT2D eigenvalue weighted by molar-refractivity contribution is 0.0945. The highest BCUT2D eigenvalue weighted by molar-refractivity contribution is 7.92. The summed E-state index contributed by atoms with van der Waals surface area (Å²) in [5, 5.41) is 7.30. The van der Waals surface area contributed by atoms with E-state index in [1.807, 2.05) is 13.0 Å². The van der Waals surface area contributed by atoms with Crippen molar-refractivity contribution in [1.82, 2.24) is 20.1 Å². The van der Waals surface area contributed by atoms with E-state index in [0.717, 1.165) is 0 Å². The van der Waals surface area contributed by atoms with Gasteiger partial charge in [0.15, 0.2) is 9.84 Å². The van der Waals surface area contributed by atoms with E-state index in [0.29, 0.717) is 23.0 Å². The summed E-state index contributed by atoms with van der Waals surface area (Å²) >= 11 is 6.20. The quantitative estimate of drug-likeness (QED) is 0.806. The zero-order chi connectivity index (χ0) is 19.5. The third kappa shape index (κ3) is 4.42. The fourth-order valence-electron chi connectivity index (χ4n) is 2.17. The van der Waals surface area contributed by atoms with Crippen molar-refractivity contribution in [3.05, 3.63) is 40.9 Å². The predicted molar refractivity (Wildman–Crippen MR) is 102 cm³/mol. The molecule has 0 saturated heterocycles. The molecule has 1 amide bonds. The van der Waals surface area contributed by atoms with Gasteiger partial charge in [-0.2, -0.15) is 0 Å². The van der Waals surface area contributed by atoms with Gasteiger partial charge in [-0.15, -0.1) is 5.10 Å². The van der Waals surface area contributed by atoms with Crippen LogP contribution in [0.25, 0.3) is 5.69 Å². The number of nitrogens with zero attached hydrogens (tertiary/aromatic N) is 3. The third-order valence-corrected chi connectivity index (χ3v) is 6.79. The Hall–Kier alpha value is -1.93. The molecule has 0 unspecified atom stereocenters. The van der Waals surface area contributed by atoms with Gasteiger partial charge in [0.05, 0.1) is 21.2 Å². The van der Waals surface area contributed by atoms with Crippen molar-refractivity contribution in [3.63, 3.8) is 0 Å². The van der Waals surface area contributed by atoms with Gasteiger partial charge < -0.3 is 5.32 Å². The van der Waals surface area contributed by atoms with Gasteiger partial charge in [-0.1, -0.05) is 30.7 Å². The molecule has 0 saturated carbocycles. The lowest BCUT2D eigenvalue weighted by atomic mass is 10.3. The van der Waals surface area contributed by atoms with Crippen molar-refractivity contribution >= 4 is 27.3 Å². The van der Waals surface area contributed by atoms with Gasteiger partial charge in [-0.05, 0) is 32.9 Å². The molecule has 1 aromatic carbocycles. The summed E-state index contributed by atoms with van der Waals surface area (Å²) in [6, 6.07) is 7.14. The molecule has 0 spiro atoms. The van der Waals surface area contributed by atoms with Crippen molar-refractivity contribution in [1.29, 1.82) is 0 Å². The van der Waals surface area contributed by atoms with E-state index >= 15 is 0 Å². The highest BCUT2D eigenvalue weighted by Crippen LogP contribution is 2.20. The van der Waals surface area contributed by atoms with E-state index < -0.39 is 20.5 Å². The SMILES string of the molecule is CCc1nc(C(=O)NCCS(=O)(=O)C(C)(C)C)nn1-c1ccccc1Cl. The summed E-state index contributed by atoms with van der Waals surface area (Å²) in [5.74, 6) is -0.0937. The highest BCUT2D eigenvalue weighted by Gasteiger charge is 2.28. The minimum absolute atomic E-state index is 0.000524. The fourth-order valence-corrected chi connectivity index (χ4v) is 3.37. The molecule has 0 aliphatic rings. The van der Waals surface area contributed by atoms with Crippen molar-refractivity contribution in [3.8, 4) is 5.69 Å². The molecular weight excluding hydrogens is 376 g/mol. The standard InChI is InChI=1S/C17H23ClN4O3S/c1-5-14-20-15(21-22(14)13-9-7-6-8-12(13)18)16(23)19-10-11-26(24,25)17(2,3)4/h6-9H,5,10-11H2,1-4H3,(H,19,23). The number of carbonyl (C=O) groups excluding carboxylic acids is 1. The summed E-state index contributed by atoms with van der Waals surface area (Å²) in [4.78, 5) is 16.5. The first-order valence-electron chi connectivity index (χ1n) is 8.28. The normalized spacial score (nSPS) is 12.2. The van der Waals surface area contributed by atoms with E-state index in [9.17, 15) is 13.2 Å². The van der Waals surface area contributed by atoms with Crippen LogP contribution in [-0.2, 0) is 16.3 Å². The van der Waals surface area contributed by atoms with Crippen molar-refractivity contribution in [2.24, 2.45) is 0 Å². The number of aryl methyl sites for hydroxylation is 1. The van der Waals surface area contributed by atoms with Gasteiger partial charge in [0.25, 0.3) is 5.91 Å². The molecule has 0 radical (unpaired) electrons. The smallest absolute Gasteiger partial charge is 0.291 e. The van der Waals surface area contributed by atoms with Gasteiger partial charge in [-0.3, -0.25) is 4.79 Å². The number of hydrogen-bond acceptors (Lipinski definition) is 5. The van der Waals surface area contributed by atoms with Gasteiger partial charge in [0.1, 0.15) is 5.82 Å². The molecule has 0 aliphatic heterocycles. The maximum absolute atomic E-state index is 12.3. The number of sulfone groups is 1. The Labute approximate surface area is 158 Å². The molecule has 2 aromatic rings. The first-order valence-corrected chi connectivity index (χ1v) is 10.3. The van der Waals surface area contributed by atoms with Crippen molar-refractivity contribution < 1.29 is 13.2 Å². The Morgan fingerprint density at radius 3 is 2.50 bits per heavy atom. The summed E-state index contributed by atoms with van der Waals surface area (Å²) in [6.45, 7) is 6.79. The maximum Gasteiger partial charge on any atom is 0.291 e. The van der Waals surface area contributed by atoms with Crippen molar-refractivity contribution in [2.45, 2.75) is 38.9 Å². The van der Waals surface area contributed by atoms with Crippen LogP contribution in [0.1, 0.15) is 44.1 Å². The van der Waals surface area contributed by atoms with E-state index in [1.165, 1.54) is 4.68 Å². The highest BCUT2D eigenvalue weighted by atomic mass is 35.5. The van der Waals surface area contributed by atoms with Crippen molar-refractivity contribution in [2.75, 3.05) is 12.3 Å². The van der Waals surface area contributed by atoms with Crippen LogP contribution in [0.3, 0.4) is 0 Å². The van der Waals surface area contributed by atoms with Gasteiger partial charge >= 0.3 is 0 Å². The summed E-state index contributed by atoms with van der Waals surface area (Å²) in [5.41, 5.74) is 0.632. The average molecular weight is 399 g/mol. The Bertz CT molecular complexity index is 901. The van der Waals surface area contributed by atoms with Crippen LogP contribution < -0.4 is 5.32 Å². The maximum atomic E-state index is 12.3. The number of amides is 1. The lowest BCUT2D eigenvalue weighted by Gasteiger charge is -2.18. The molecule has 1 heterocycles. The number of benzene rings is 1. The minimum atomic E-state index is -3.31. The molecule has 0 aliphatic carbocycles. The first-order chi connectivity index (χ1) is 12.1. The first kappa shape index (κ1) is 20.4. The Kier molecular flexibility index (Phi) is 6.08. The molecule has 142 valence electrons. The van der Waals surface area contributed by atoms with E-state index in [2.05, 4.69) is 15.4 Å².